The van der Waals surface area contributed by atoms with Crippen LogP contribution in [0.5, 0.6) is 0 Å². The molecule has 3 heteroatoms. The van der Waals surface area contributed by atoms with E-state index in [9.17, 15) is 0 Å². The number of imidazole rings is 1. The van der Waals surface area contributed by atoms with Gasteiger partial charge in [0.05, 0.1) is 6.33 Å². The highest BCUT2D eigenvalue weighted by atomic mass is 15.1. The maximum Gasteiger partial charge on any atom is 0.0994 e. The van der Waals surface area contributed by atoms with E-state index in [-0.39, 0.29) is 0 Å². The van der Waals surface area contributed by atoms with Crippen LogP contribution in [0.2, 0.25) is 0 Å². The van der Waals surface area contributed by atoms with E-state index in [1.807, 2.05) is 36.8 Å². The lowest BCUT2D eigenvalue weighted by Gasteiger charge is -2.15. The number of rotatable bonds is 4. The minimum Gasteiger partial charge on any atom is -0.399 e. The zero-order chi connectivity index (χ0) is 12.3. The van der Waals surface area contributed by atoms with Gasteiger partial charge < -0.3 is 10.3 Å². The van der Waals surface area contributed by atoms with Crippen LogP contribution in [0.4, 0.5) is 5.69 Å². The molecule has 0 aliphatic carbocycles. The van der Waals surface area contributed by atoms with Crippen molar-refractivity contribution in [2.45, 2.75) is 32.6 Å². The fraction of sp³-hybridized carbons (Fsp3) is 0.357. The van der Waals surface area contributed by atoms with Crippen LogP contribution in [0.1, 0.15) is 38.3 Å². The van der Waals surface area contributed by atoms with Crippen molar-refractivity contribution in [3.05, 3.63) is 42.5 Å². The fourth-order valence-electron chi connectivity index (χ4n) is 2.16. The molecule has 0 aliphatic heterocycles. The van der Waals surface area contributed by atoms with Gasteiger partial charge in [0.25, 0.3) is 0 Å². The molecule has 2 rings (SSSR count). The molecular weight excluding hydrogens is 210 g/mol. The summed E-state index contributed by atoms with van der Waals surface area (Å²) in [5, 5.41) is 0. The van der Waals surface area contributed by atoms with Crippen molar-refractivity contribution in [2.24, 2.45) is 0 Å². The van der Waals surface area contributed by atoms with Crippen LogP contribution in [-0.4, -0.2) is 9.55 Å². The number of nitrogens with zero attached hydrogens (tertiary/aromatic N) is 2. The minimum absolute atomic E-state index is 0.565. The smallest absolute Gasteiger partial charge is 0.0994 e. The van der Waals surface area contributed by atoms with Gasteiger partial charge in [0.2, 0.25) is 0 Å². The quantitative estimate of drug-likeness (QED) is 0.817. The molecule has 0 amide bonds. The Balaban J connectivity index is 2.39. The van der Waals surface area contributed by atoms with Crippen molar-refractivity contribution in [1.82, 2.24) is 9.55 Å². The molecule has 0 bridgehead atoms. The molecule has 0 spiro atoms. The van der Waals surface area contributed by atoms with Crippen LogP contribution < -0.4 is 5.73 Å². The van der Waals surface area contributed by atoms with Gasteiger partial charge in [0.1, 0.15) is 0 Å². The van der Waals surface area contributed by atoms with Crippen molar-refractivity contribution in [3.63, 3.8) is 0 Å². The molecule has 0 fully saturated rings. The Morgan fingerprint density at radius 2 is 1.82 bits per heavy atom. The first-order valence-electron chi connectivity index (χ1n) is 6.14. The molecule has 1 heterocycles. The lowest BCUT2D eigenvalue weighted by Crippen LogP contribution is -2.04. The molecule has 0 unspecified atom stereocenters. The molecule has 0 saturated carbocycles. The number of benzene rings is 1. The van der Waals surface area contributed by atoms with Gasteiger partial charge in [-0.1, -0.05) is 13.8 Å². The molecule has 2 N–H and O–H groups in total. The molecule has 1 aromatic heterocycles. The van der Waals surface area contributed by atoms with E-state index in [0.29, 0.717) is 5.92 Å². The number of aromatic nitrogens is 2. The Bertz CT molecular complexity index is 466. The minimum atomic E-state index is 0.565. The second kappa shape index (κ2) is 5.04. The Labute approximate surface area is 102 Å². The molecule has 0 aliphatic rings. The van der Waals surface area contributed by atoms with Crippen LogP contribution >= 0.6 is 0 Å². The third-order valence-corrected chi connectivity index (χ3v) is 3.24. The second-order valence-corrected chi connectivity index (χ2v) is 4.29. The predicted molar refractivity (Wildman–Crippen MR) is 71.3 cm³/mol. The van der Waals surface area contributed by atoms with E-state index < -0.39 is 0 Å². The first kappa shape index (κ1) is 11.7. The van der Waals surface area contributed by atoms with Crippen LogP contribution in [0, 0.1) is 0 Å². The van der Waals surface area contributed by atoms with Crippen molar-refractivity contribution >= 4 is 5.69 Å². The summed E-state index contributed by atoms with van der Waals surface area (Å²) in [6.07, 6.45) is 6.11. The zero-order valence-electron chi connectivity index (χ0n) is 10.4. The molecular formula is C14H19N3. The van der Waals surface area contributed by atoms with Crippen molar-refractivity contribution in [1.29, 1.82) is 0 Å². The predicted octanol–water partition coefficient (Wildman–Crippen LogP) is 3.36. The molecule has 17 heavy (non-hydrogen) atoms. The lowest BCUT2D eigenvalue weighted by atomic mass is 10.00. The highest BCUT2D eigenvalue weighted by Gasteiger charge is 2.12. The first-order chi connectivity index (χ1) is 8.26. The van der Waals surface area contributed by atoms with Gasteiger partial charge in [0.15, 0.2) is 0 Å². The van der Waals surface area contributed by atoms with Gasteiger partial charge in [0, 0.05) is 29.2 Å². The summed E-state index contributed by atoms with van der Waals surface area (Å²) in [4.78, 5) is 4.27. The molecule has 1 aromatic carbocycles. The zero-order valence-corrected chi connectivity index (χ0v) is 10.4. The van der Waals surface area contributed by atoms with Crippen LogP contribution in [0.25, 0.3) is 5.69 Å². The summed E-state index contributed by atoms with van der Waals surface area (Å²) in [7, 11) is 0. The average molecular weight is 229 g/mol. The van der Waals surface area contributed by atoms with Crippen molar-refractivity contribution in [2.75, 3.05) is 5.73 Å². The highest BCUT2D eigenvalue weighted by molar-refractivity contribution is 5.45. The van der Waals surface area contributed by atoms with E-state index in [1.165, 1.54) is 5.69 Å². The Morgan fingerprint density at radius 1 is 1.18 bits per heavy atom. The number of anilines is 1. The standard InChI is InChI=1S/C14H19N3/c1-3-11(4-2)14-9-16-10-17(14)13-7-5-12(15)6-8-13/h5-11H,3-4,15H2,1-2H3. The van der Waals surface area contributed by atoms with E-state index in [2.05, 4.69) is 23.4 Å². The fourth-order valence-corrected chi connectivity index (χ4v) is 2.16. The molecule has 90 valence electrons. The van der Waals surface area contributed by atoms with E-state index in [1.54, 1.807) is 0 Å². The third kappa shape index (κ3) is 2.33. The second-order valence-electron chi connectivity index (χ2n) is 4.29. The highest BCUT2D eigenvalue weighted by Crippen LogP contribution is 2.25. The van der Waals surface area contributed by atoms with Crippen molar-refractivity contribution < 1.29 is 0 Å². The van der Waals surface area contributed by atoms with Gasteiger partial charge in [-0.15, -0.1) is 0 Å². The molecule has 3 nitrogen and oxygen atoms in total. The first-order valence-corrected chi connectivity index (χ1v) is 6.14. The van der Waals surface area contributed by atoms with E-state index >= 15 is 0 Å². The van der Waals surface area contributed by atoms with Gasteiger partial charge in [-0.05, 0) is 37.1 Å². The summed E-state index contributed by atoms with van der Waals surface area (Å²) in [5.41, 5.74) is 8.90. The SMILES string of the molecule is CCC(CC)c1cncn1-c1ccc(N)cc1. The van der Waals surface area contributed by atoms with Gasteiger partial charge in [-0.2, -0.15) is 0 Å². The van der Waals surface area contributed by atoms with Crippen LogP contribution in [-0.2, 0) is 0 Å². The van der Waals surface area contributed by atoms with Crippen LogP contribution in [0.3, 0.4) is 0 Å². The van der Waals surface area contributed by atoms with Gasteiger partial charge in [-0.3, -0.25) is 0 Å². The summed E-state index contributed by atoms with van der Waals surface area (Å²) in [6.45, 7) is 4.43. The van der Waals surface area contributed by atoms with Crippen molar-refractivity contribution in [3.8, 4) is 5.69 Å². The molecule has 2 aromatic rings. The van der Waals surface area contributed by atoms with Gasteiger partial charge in [-0.25, -0.2) is 4.98 Å². The largest absolute Gasteiger partial charge is 0.399 e. The summed E-state index contributed by atoms with van der Waals surface area (Å²) in [5.74, 6) is 0.565. The summed E-state index contributed by atoms with van der Waals surface area (Å²) in [6, 6.07) is 7.91. The Kier molecular flexibility index (Phi) is 3.47. The monoisotopic (exact) mass is 229 g/mol. The molecule has 0 saturated heterocycles. The lowest BCUT2D eigenvalue weighted by molar-refractivity contribution is 0.611. The number of nitrogens with two attached hydrogens (primary N) is 1. The Hall–Kier alpha value is -1.77. The van der Waals surface area contributed by atoms with Gasteiger partial charge >= 0.3 is 0 Å². The Morgan fingerprint density at radius 3 is 2.41 bits per heavy atom. The number of nitrogen functional groups attached to an aromatic ring is 1. The van der Waals surface area contributed by atoms with Crippen LogP contribution in [0.15, 0.2) is 36.8 Å². The van der Waals surface area contributed by atoms with E-state index in [4.69, 9.17) is 5.73 Å². The number of hydrogen-bond donors (Lipinski definition) is 1. The summed E-state index contributed by atoms with van der Waals surface area (Å²) < 4.78 is 2.15. The maximum atomic E-state index is 5.71. The normalized spacial score (nSPS) is 11.0. The third-order valence-electron chi connectivity index (χ3n) is 3.24. The average Bonchev–Trinajstić information content (AvgIpc) is 2.81. The van der Waals surface area contributed by atoms with E-state index in [0.717, 1.165) is 24.2 Å². The summed E-state index contributed by atoms with van der Waals surface area (Å²) >= 11 is 0. The topological polar surface area (TPSA) is 43.8 Å². The number of hydrogen-bond acceptors (Lipinski definition) is 2. The maximum absolute atomic E-state index is 5.71. The molecule has 0 radical (unpaired) electrons. The molecule has 0 atom stereocenters.